The van der Waals surface area contributed by atoms with Gasteiger partial charge in [-0.1, -0.05) is 0 Å². The van der Waals surface area contributed by atoms with E-state index in [1.807, 2.05) is 0 Å². The van der Waals surface area contributed by atoms with Crippen molar-refractivity contribution in [2.45, 2.75) is 25.3 Å². The molecule has 3 rings (SSSR count). The Balaban J connectivity index is 1.73. The second-order valence-corrected chi connectivity index (χ2v) is 6.12. The molecule has 0 bridgehead atoms. The van der Waals surface area contributed by atoms with E-state index in [2.05, 4.69) is 0 Å². The van der Waals surface area contributed by atoms with Gasteiger partial charge in [-0.15, -0.1) is 0 Å². The summed E-state index contributed by atoms with van der Waals surface area (Å²) in [5, 5.41) is 0. The fourth-order valence-corrected chi connectivity index (χ4v) is 3.25. The first-order valence-corrected chi connectivity index (χ1v) is 7.78. The molecule has 2 atom stereocenters. The van der Waals surface area contributed by atoms with Gasteiger partial charge in [-0.2, -0.15) is 0 Å². The molecular formula is C16H19F2N3O2. The van der Waals surface area contributed by atoms with Crippen LogP contribution in [0.4, 0.5) is 14.5 Å². The van der Waals surface area contributed by atoms with Crippen LogP contribution in [0, 0.1) is 17.6 Å². The first-order chi connectivity index (χ1) is 11.0. The van der Waals surface area contributed by atoms with E-state index in [0.29, 0.717) is 26.1 Å². The van der Waals surface area contributed by atoms with Crippen LogP contribution in [0.3, 0.4) is 0 Å². The van der Waals surface area contributed by atoms with Gasteiger partial charge in [0.2, 0.25) is 11.8 Å². The third kappa shape index (κ3) is 3.06. The standard InChI is InChI=1S/C16H19F2N3O2/c17-13-4-3-11(8-14(13)18)21-7-5-12(16(21)23)15(22)20-6-1-2-10(19)9-20/h3-4,8,10,12H,1-2,5-7,9,19H2/t10-,12-/m1/s1. The van der Waals surface area contributed by atoms with Crippen LogP contribution >= 0.6 is 0 Å². The highest BCUT2D eigenvalue weighted by Crippen LogP contribution is 2.28. The lowest BCUT2D eigenvalue weighted by molar-refractivity contribution is -0.140. The molecule has 0 aromatic heterocycles. The summed E-state index contributed by atoms with van der Waals surface area (Å²) in [6.45, 7) is 1.40. The van der Waals surface area contributed by atoms with Gasteiger partial charge in [0.25, 0.3) is 0 Å². The molecule has 124 valence electrons. The van der Waals surface area contributed by atoms with E-state index in [1.165, 1.54) is 11.0 Å². The molecule has 2 N–H and O–H groups in total. The van der Waals surface area contributed by atoms with E-state index in [-0.39, 0.29) is 23.5 Å². The molecule has 7 heteroatoms. The van der Waals surface area contributed by atoms with Crippen LogP contribution < -0.4 is 10.6 Å². The molecule has 1 aromatic rings. The number of rotatable bonds is 2. The molecular weight excluding hydrogens is 304 g/mol. The molecule has 2 aliphatic heterocycles. The van der Waals surface area contributed by atoms with Gasteiger partial charge in [0.05, 0.1) is 0 Å². The van der Waals surface area contributed by atoms with Gasteiger partial charge < -0.3 is 15.5 Å². The number of amides is 2. The number of halogens is 2. The lowest BCUT2D eigenvalue weighted by Gasteiger charge is -2.32. The van der Waals surface area contributed by atoms with Crippen LogP contribution in [0.2, 0.25) is 0 Å². The van der Waals surface area contributed by atoms with Gasteiger partial charge in [0.15, 0.2) is 11.6 Å². The topological polar surface area (TPSA) is 66.6 Å². The van der Waals surface area contributed by atoms with Crippen molar-refractivity contribution >= 4 is 17.5 Å². The maximum absolute atomic E-state index is 13.3. The zero-order valence-corrected chi connectivity index (χ0v) is 12.7. The SMILES string of the molecule is N[C@@H]1CCCN(C(=O)[C@H]2CCN(c3ccc(F)c(F)c3)C2=O)C1. The lowest BCUT2D eigenvalue weighted by atomic mass is 10.0. The summed E-state index contributed by atoms with van der Waals surface area (Å²) >= 11 is 0. The van der Waals surface area contributed by atoms with E-state index in [1.54, 1.807) is 4.90 Å². The zero-order chi connectivity index (χ0) is 16.6. The van der Waals surface area contributed by atoms with Crippen molar-refractivity contribution in [3.05, 3.63) is 29.8 Å². The molecule has 2 aliphatic rings. The number of nitrogens with two attached hydrogens (primary N) is 1. The number of nitrogens with zero attached hydrogens (tertiary/aromatic N) is 2. The van der Waals surface area contributed by atoms with Crippen molar-refractivity contribution in [2.24, 2.45) is 11.7 Å². The Hall–Kier alpha value is -2.02. The second kappa shape index (κ2) is 6.23. The molecule has 0 spiro atoms. The Morgan fingerprint density at radius 2 is 1.96 bits per heavy atom. The van der Waals surface area contributed by atoms with Gasteiger partial charge in [0, 0.05) is 37.4 Å². The Morgan fingerprint density at radius 1 is 1.17 bits per heavy atom. The summed E-state index contributed by atoms with van der Waals surface area (Å²) < 4.78 is 26.4. The van der Waals surface area contributed by atoms with Crippen LogP contribution in [-0.2, 0) is 9.59 Å². The molecule has 0 saturated carbocycles. The third-order valence-electron chi connectivity index (χ3n) is 4.49. The fraction of sp³-hybridized carbons (Fsp3) is 0.500. The van der Waals surface area contributed by atoms with Gasteiger partial charge in [-0.3, -0.25) is 9.59 Å². The van der Waals surface area contributed by atoms with Crippen molar-refractivity contribution in [3.8, 4) is 0 Å². The van der Waals surface area contributed by atoms with Crippen LogP contribution in [0.15, 0.2) is 18.2 Å². The summed E-state index contributed by atoms with van der Waals surface area (Å²) in [4.78, 5) is 28.0. The van der Waals surface area contributed by atoms with Crippen molar-refractivity contribution in [1.82, 2.24) is 4.90 Å². The highest BCUT2D eigenvalue weighted by atomic mass is 19.2. The van der Waals surface area contributed by atoms with E-state index in [4.69, 9.17) is 5.73 Å². The summed E-state index contributed by atoms with van der Waals surface area (Å²) in [6, 6.07) is 3.26. The lowest BCUT2D eigenvalue weighted by Crippen LogP contribution is -2.49. The van der Waals surface area contributed by atoms with Crippen molar-refractivity contribution in [2.75, 3.05) is 24.5 Å². The fourth-order valence-electron chi connectivity index (χ4n) is 3.25. The molecule has 0 aliphatic carbocycles. The van der Waals surface area contributed by atoms with Crippen LogP contribution in [0.5, 0.6) is 0 Å². The average Bonchev–Trinajstić information content (AvgIpc) is 2.91. The Kier molecular flexibility index (Phi) is 4.30. The number of hydrogen-bond acceptors (Lipinski definition) is 3. The van der Waals surface area contributed by atoms with Crippen molar-refractivity contribution in [3.63, 3.8) is 0 Å². The normalized spacial score (nSPS) is 25.1. The smallest absolute Gasteiger partial charge is 0.239 e. The maximum atomic E-state index is 13.3. The summed E-state index contributed by atoms with van der Waals surface area (Å²) in [5.41, 5.74) is 6.16. The predicted octanol–water partition coefficient (Wildman–Crippen LogP) is 1.27. The largest absolute Gasteiger partial charge is 0.340 e. The van der Waals surface area contributed by atoms with Crippen LogP contribution in [-0.4, -0.2) is 42.4 Å². The van der Waals surface area contributed by atoms with E-state index >= 15 is 0 Å². The first-order valence-electron chi connectivity index (χ1n) is 7.78. The molecule has 5 nitrogen and oxygen atoms in total. The van der Waals surface area contributed by atoms with Gasteiger partial charge in [0.1, 0.15) is 5.92 Å². The van der Waals surface area contributed by atoms with Gasteiger partial charge in [-0.05, 0) is 31.4 Å². The first kappa shape index (κ1) is 15.9. The molecule has 2 amide bonds. The molecule has 0 unspecified atom stereocenters. The Labute approximate surface area is 133 Å². The molecule has 2 fully saturated rings. The number of likely N-dealkylation sites (tertiary alicyclic amines) is 1. The average molecular weight is 323 g/mol. The van der Waals surface area contributed by atoms with Crippen LogP contribution in [0.1, 0.15) is 19.3 Å². The highest BCUT2D eigenvalue weighted by Gasteiger charge is 2.40. The Bertz CT molecular complexity index is 638. The summed E-state index contributed by atoms with van der Waals surface area (Å²) in [5.74, 6) is -3.30. The third-order valence-corrected chi connectivity index (χ3v) is 4.49. The minimum Gasteiger partial charge on any atom is -0.340 e. The molecule has 2 saturated heterocycles. The van der Waals surface area contributed by atoms with Crippen molar-refractivity contribution < 1.29 is 18.4 Å². The molecule has 23 heavy (non-hydrogen) atoms. The number of carbonyl (C=O) groups is 2. The van der Waals surface area contributed by atoms with E-state index < -0.39 is 17.6 Å². The molecule has 0 radical (unpaired) electrons. The molecule has 1 aromatic carbocycles. The van der Waals surface area contributed by atoms with Gasteiger partial charge in [-0.25, -0.2) is 8.78 Å². The number of anilines is 1. The second-order valence-electron chi connectivity index (χ2n) is 6.12. The van der Waals surface area contributed by atoms with Crippen molar-refractivity contribution in [1.29, 1.82) is 0 Å². The maximum Gasteiger partial charge on any atom is 0.239 e. The highest BCUT2D eigenvalue weighted by molar-refractivity contribution is 6.09. The Morgan fingerprint density at radius 3 is 2.65 bits per heavy atom. The zero-order valence-electron chi connectivity index (χ0n) is 12.7. The number of benzene rings is 1. The monoisotopic (exact) mass is 323 g/mol. The minimum absolute atomic E-state index is 0.0495. The molecule has 2 heterocycles. The minimum atomic E-state index is -1.01. The summed E-state index contributed by atoms with van der Waals surface area (Å²) in [7, 11) is 0. The quantitative estimate of drug-likeness (QED) is 0.834. The number of piperidine rings is 1. The van der Waals surface area contributed by atoms with Gasteiger partial charge >= 0.3 is 0 Å². The van der Waals surface area contributed by atoms with Crippen LogP contribution in [0.25, 0.3) is 0 Å². The number of carbonyl (C=O) groups excluding carboxylic acids is 2. The summed E-state index contributed by atoms with van der Waals surface area (Å²) in [6.07, 6.45) is 2.09. The van der Waals surface area contributed by atoms with E-state index in [9.17, 15) is 18.4 Å². The van der Waals surface area contributed by atoms with E-state index in [0.717, 1.165) is 25.0 Å². The number of hydrogen-bond donors (Lipinski definition) is 1. The predicted molar refractivity (Wildman–Crippen MR) is 80.6 cm³/mol.